The average molecular weight is 376 g/mol. The molecule has 3 atom stereocenters. The molecule has 1 aromatic carbocycles. The number of thiazole rings is 1. The van der Waals surface area contributed by atoms with Crippen LogP contribution in [0.5, 0.6) is 0 Å². The maximum Gasteiger partial charge on any atom is 0.186 e. The van der Waals surface area contributed by atoms with Crippen molar-refractivity contribution in [3.63, 3.8) is 0 Å². The van der Waals surface area contributed by atoms with Crippen LogP contribution in [0.2, 0.25) is 0 Å². The minimum absolute atomic E-state index is 0.245. The van der Waals surface area contributed by atoms with E-state index in [1.807, 2.05) is 6.07 Å². The van der Waals surface area contributed by atoms with Gasteiger partial charge in [0.1, 0.15) is 0 Å². The van der Waals surface area contributed by atoms with Crippen molar-refractivity contribution in [2.75, 3.05) is 37.6 Å². The second kappa shape index (κ2) is 7.80. The Labute approximate surface area is 159 Å². The molecule has 0 aliphatic carbocycles. The van der Waals surface area contributed by atoms with Gasteiger partial charge in [-0.1, -0.05) is 23.5 Å². The standard InChI is InChI=1S/C20H29N3O2S/c1-14-11-22(12-15(2)25-14)13-18(24)16-7-9-23(10-8-16)20-21-17-5-3-4-6-19(17)26-20/h3-6,14-16,18,24H,7-13H2,1-2H3/t14-,15+,18?. The van der Waals surface area contributed by atoms with Gasteiger partial charge in [0.25, 0.3) is 0 Å². The molecule has 0 saturated carbocycles. The van der Waals surface area contributed by atoms with Crippen LogP contribution in [0.1, 0.15) is 26.7 Å². The van der Waals surface area contributed by atoms with Crippen molar-refractivity contribution in [2.45, 2.75) is 45.0 Å². The summed E-state index contributed by atoms with van der Waals surface area (Å²) in [5.41, 5.74) is 1.09. The number of ether oxygens (including phenoxy) is 1. The van der Waals surface area contributed by atoms with E-state index in [2.05, 4.69) is 41.8 Å². The number of hydrogen-bond acceptors (Lipinski definition) is 6. The molecule has 1 N–H and O–H groups in total. The van der Waals surface area contributed by atoms with Crippen molar-refractivity contribution in [3.05, 3.63) is 24.3 Å². The van der Waals surface area contributed by atoms with E-state index in [0.29, 0.717) is 5.92 Å². The summed E-state index contributed by atoms with van der Waals surface area (Å²) in [5, 5.41) is 11.9. The zero-order chi connectivity index (χ0) is 18.1. The number of aromatic nitrogens is 1. The fourth-order valence-corrected chi connectivity index (χ4v) is 5.34. The summed E-state index contributed by atoms with van der Waals surface area (Å²) in [7, 11) is 0. The number of aliphatic hydroxyl groups is 1. The van der Waals surface area contributed by atoms with E-state index < -0.39 is 0 Å². The smallest absolute Gasteiger partial charge is 0.186 e. The first-order valence-corrected chi connectivity index (χ1v) is 10.6. The Balaban J connectivity index is 1.31. The SMILES string of the molecule is C[C@@H]1CN(CC(O)C2CCN(c3nc4ccccc4s3)CC2)C[C@H](C)O1. The van der Waals surface area contributed by atoms with Crippen LogP contribution in [0.4, 0.5) is 5.13 Å². The van der Waals surface area contributed by atoms with Gasteiger partial charge in [-0.15, -0.1) is 0 Å². The molecule has 0 radical (unpaired) electrons. The van der Waals surface area contributed by atoms with Crippen LogP contribution in [0.25, 0.3) is 10.2 Å². The summed E-state index contributed by atoms with van der Waals surface area (Å²) in [6, 6.07) is 8.33. The fourth-order valence-electron chi connectivity index (χ4n) is 4.32. The third-order valence-corrected chi connectivity index (χ3v) is 6.67. The van der Waals surface area contributed by atoms with Gasteiger partial charge in [-0.25, -0.2) is 4.98 Å². The number of anilines is 1. The monoisotopic (exact) mass is 375 g/mol. The number of morpholine rings is 1. The minimum Gasteiger partial charge on any atom is -0.392 e. The number of benzene rings is 1. The molecule has 142 valence electrons. The Kier molecular flexibility index (Phi) is 5.45. The Morgan fingerprint density at radius 2 is 1.88 bits per heavy atom. The second-order valence-electron chi connectivity index (χ2n) is 7.83. The van der Waals surface area contributed by atoms with Crippen molar-refractivity contribution in [1.29, 1.82) is 0 Å². The summed E-state index contributed by atoms with van der Waals surface area (Å²) < 4.78 is 7.05. The summed E-state index contributed by atoms with van der Waals surface area (Å²) in [4.78, 5) is 9.52. The van der Waals surface area contributed by atoms with Crippen molar-refractivity contribution in [1.82, 2.24) is 9.88 Å². The highest BCUT2D eigenvalue weighted by atomic mass is 32.1. The second-order valence-corrected chi connectivity index (χ2v) is 8.84. The van der Waals surface area contributed by atoms with Crippen LogP contribution in [0.3, 0.4) is 0 Å². The Hall–Kier alpha value is -1.21. The number of hydrogen-bond donors (Lipinski definition) is 1. The van der Waals surface area contributed by atoms with Crippen LogP contribution >= 0.6 is 11.3 Å². The minimum atomic E-state index is -0.245. The van der Waals surface area contributed by atoms with Crippen LogP contribution in [-0.4, -0.2) is 66.0 Å². The molecule has 26 heavy (non-hydrogen) atoms. The van der Waals surface area contributed by atoms with E-state index in [1.54, 1.807) is 11.3 Å². The average Bonchev–Trinajstić information content (AvgIpc) is 3.05. The van der Waals surface area contributed by atoms with Gasteiger partial charge in [-0.05, 0) is 44.7 Å². The highest BCUT2D eigenvalue weighted by molar-refractivity contribution is 7.22. The molecular weight excluding hydrogens is 346 g/mol. The van der Waals surface area contributed by atoms with Gasteiger partial charge in [0.05, 0.1) is 28.5 Å². The Morgan fingerprint density at radius 3 is 2.58 bits per heavy atom. The van der Waals surface area contributed by atoms with Gasteiger partial charge >= 0.3 is 0 Å². The highest BCUT2D eigenvalue weighted by Crippen LogP contribution is 2.32. The predicted molar refractivity (Wildman–Crippen MR) is 107 cm³/mol. The van der Waals surface area contributed by atoms with Crippen LogP contribution in [-0.2, 0) is 4.74 Å². The molecule has 5 nitrogen and oxygen atoms in total. The van der Waals surface area contributed by atoms with E-state index >= 15 is 0 Å². The van der Waals surface area contributed by atoms with Crippen LogP contribution in [0.15, 0.2) is 24.3 Å². The quantitative estimate of drug-likeness (QED) is 0.890. The van der Waals surface area contributed by atoms with Gasteiger partial charge in [0.15, 0.2) is 5.13 Å². The number of para-hydroxylation sites is 1. The van der Waals surface area contributed by atoms with Gasteiger partial charge < -0.3 is 14.7 Å². The molecule has 2 aromatic rings. The first kappa shape index (κ1) is 18.2. The molecule has 0 bridgehead atoms. The molecule has 1 aromatic heterocycles. The Bertz CT molecular complexity index is 686. The normalized spacial score (nSPS) is 27.1. The number of nitrogens with zero attached hydrogens (tertiary/aromatic N) is 3. The first-order chi connectivity index (χ1) is 12.6. The van der Waals surface area contributed by atoms with Crippen molar-refractivity contribution in [2.24, 2.45) is 5.92 Å². The summed E-state index contributed by atoms with van der Waals surface area (Å²) in [5.74, 6) is 0.383. The molecule has 0 spiro atoms. The van der Waals surface area contributed by atoms with E-state index in [9.17, 15) is 5.11 Å². The van der Waals surface area contributed by atoms with E-state index in [-0.39, 0.29) is 18.3 Å². The number of β-amino-alcohol motifs (C(OH)–C–C–N with tert-alkyl or cyclic N) is 1. The molecule has 2 saturated heterocycles. The number of piperidine rings is 1. The molecule has 3 heterocycles. The maximum absolute atomic E-state index is 10.8. The van der Waals surface area contributed by atoms with Gasteiger partial charge in [-0.3, -0.25) is 4.90 Å². The fraction of sp³-hybridized carbons (Fsp3) is 0.650. The van der Waals surface area contributed by atoms with Crippen molar-refractivity contribution in [3.8, 4) is 0 Å². The van der Waals surface area contributed by atoms with Gasteiger partial charge in [0, 0.05) is 32.7 Å². The molecule has 2 aliphatic rings. The van der Waals surface area contributed by atoms with Gasteiger partial charge in [0.2, 0.25) is 0 Å². The summed E-state index contributed by atoms with van der Waals surface area (Å²) in [6.07, 6.45) is 2.34. The Morgan fingerprint density at radius 1 is 1.19 bits per heavy atom. The van der Waals surface area contributed by atoms with Crippen molar-refractivity contribution >= 4 is 26.7 Å². The zero-order valence-corrected chi connectivity index (χ0v) is 16.5. The highest BCUT2D eigenvalue weighted by Gasteiger charge is 2.30. The van der Waals surface area contributed by atoms with Crippen molar-refractivity contribution < 1.29 is 9.84 Å². The lowest BCUT2D eigenvalue weighted by Gasteiger charge is -2.39. The molecule has 4 rings (SSSR count). The van der Waals surface area contributed by atoms with E-state index in [1.165, 1.54) is 4.70 Å². The van der Waals surface area contributed by atoms with Gasteiger partial charge in [-0.2, -0.15) is 0 Å². The lowest BCUT2D eigenvalue weighted by atomic mass is 9.91. The molecule has 1 unspecified atom stereocenters. The molecule has 0 amide bonds. The van der Waals surface area contributed by atoms with E-state index in [0.717, 1.165) is 56.2 Å². The molecule has 2 aliphatic heterocycles. The molecule has 6 heteroatoms. The number of fused-ring (bicyclic) bond motifs is 1. The number of aliphatic hydroxyl groups excluding tert-OH is 1. The largest absolute Gasteiger partial charge is 0.392 e. The number of rotatable bonds is 4. The third kappa shape index (κ3) is 4.03. The predicted octanol–water partition coefficient (Wildman–Crippen LogP) is 2.98. The molecular formula is C20H29N3O2S. The summed E-state index contributed by atoms with van der Waals surface area (Å²) >= 11 is 1.77. The van der Waals surface area contributed by atoms with E-state index in [4.69, 9.17) is 9.72 Å². The zero-order valence-electron chi connectivity index (χ0n) is 15.7. The van der Waals surface area contributed by atoms with Crippen LogP contribution in [0, 0.1) is 5.92 Å². The summed E-state index contributed by atoms with van der Waals surface area (Å²) in [6.45, 7) is 8.81. The first-order valence-electron chi connectivity index (χ1n) is 9.75. The maximum atomic E-state index is 10.8. The topological polar surface area (TPSA) is 48.8 Å². The van der Waals surface area contributed by atoms with Crippen LogP contribution < -0.4 is 4.90 Å². The lowest BCUT2D eigenvalue weighted by molar-refractivity contribution is -0.0810. The third-order valence-electron chi connectivity index (χ3n) is 5.58. The molecule has 2 fully saturated rings. The lowest BCUT2D eigenvalue weighted by Crippen LogP contribution is -2.50.